The second-order valence-corrected chi connectivity index (χ2v) is 8.72. The number of aromatic nitrogens is 2. The molecule has 0 radical (unpaired) electrons. The van der Waals surface area contributed by atoms with Crippen LogP contribution in [0.5, 0.6) is 0 Å². The molecule has 2 atom stereocenters. The fourth-order valence-electron chi connectivity index (χ4n) is 2.37. The molecule has 27 heavy (non-hydrogen) atoms. The molecular weight excluding hydrogens is 374 g/mol. The third-order valence-electron chi connectivity index (χ3n) is 3.89. The molecule has 0 fully saturated rings. The number of carboxylic acids is 1. The van der Waals surface area contributed by atoms with Gasteiger partial charge in [0.1, 0.15) is 0 Å². The van der Waals surface area contributed by atoms with E-state index in [0.29, 0.717) is 17.0 Å². The lowest BCUT2D eigenvalue weighted by Crippen LogP contribution is -2.27. The normalized spacial score (nSPS) is 14.5. The lowest BCUT2D eigenvalue weighted by Gasteiger charge is -2.19. The van der Waals surface area contributed by atoms with E-state index in [9.17, 15) is 23.4 Å². The minimum absolute atomic E-state index is 0.0344. The second-order valence-electron chi connectivity index (χ2n) is 6.71. The van der Waals surface area contributed by atoms with E-state index in [4.69, 9.17) is 5.11 Å². The van der Waals surface area contributed by atoms with Gasteiger partial charge in [0.25, 0.3) is 0 Å². The molecule has 0 unspecified atom stereocenters. The number of aliphatic carboxylic acids is 1. The predicted molar refractivity (Wildman–Crippen MR) is 102 cm³/mol. The molecule has 0 amide bonds. The maximum Gasteiger partial charge on any atom is 0.305 e. The number of carbonyl (C=O) groups is 1. The molecule has 0 spiro atoms. The van der Waals surface area contributed by atoms with Gasteiger partial charge in [0.15, 0.2) is 0 Å². The quantitative estimate of drug-likeness (QED) is 0.554. The molecule has 0 saturated heterocycles. The Bertz CT molecular complexity index is 807. The first kappa shape index (κ1) is 23.0. The highest BCUT2D eigenvalue weighted by Crippen LogP contribution is 2.24. The summed E-state index contributed by atoms with van der Waals surface area (Å²) in [6, 6.07) is 0. The van der Waals surface area contributed by atoms with Gasteiger partial charge in [-0.25, -0.2) is 22.7 Å². The van der Waals surface area contributed by atoms with Crippen molar-refractivity contribution in [1.29, 1.82) is 0 Å². The van der Waals surface area contributed by atoms with E-state index >= 15 is 0 Å². The van der Waals surface area contributed by atoms with Gasteiger partial charge >= 0.3 is 5.97 Å². The highest BCUT2D eigenvalue weighted by Gasteiger charge is 2.20. The van der Waals surface area contributed by atoms with Crippen LogP contribution in [0.4, 0.5) is 5.95 Å². The highest BCUT2D eigenvalue weighted by atomic mass is 32.2. The molecule has 9 nitrogen and oxygen atoms in total. The van der Waals surface area contributed by atoms with Crippen LogP contribution in [0.25, 0.3) is 6.08 Å². The Morgan fingerprint density at radius 1 is 1.26 bits per heavy atom. The van der Waals surface area contributed by atoms with Crippen LogP contribution in [0.2, 0.25) is 0 Å². The van der Waals surface area contributed by atoms with Crippen molar-refractivity contribution >= 4 is 28.0 Å². The summed E-state index contributed by atoms with van der Waals surface area (Å²) < 4.78 is 24.5. The molecular formula is C17H27N3O6S. The van der Waals surface area contributed by atoms with Crippen molar-refractivity contribution in [3.8, 4) is 0 Å². The van der Waals surface area contributed by atoms with Gasteiger partial charge in [-0.1, -0.05) is 26.0 Å². The molecule has 1 heterocycles. The summed E-state index contributed by atoms with van der Waals surface area (Å²) in [5.74, 6) is -1.11. The Kier molecular flexibility index (Phi) is 7.88. The third kappa shape index (κ3) is 6.89. The molecule has 0 aliphatic heterocycles. The van der Waals surface area contributed by atoms with Crippen LogP contribution in [-0.2, 0) is 14.8 Å². The van der Waals surface area contributed by atoms with Gasteiger partial charge in [-0.3, -0.25) is 4.79 Å². The van der Waals surface area contributed by atoms with Crippen molar-refractivity contribution in [2.45, 2.75) is 51.7 Å². The monoisotopic (exact) mass is 401 g/mol. The molecule has 0 aliphatic rings. The van der Waals surface area contributed by atoms with Crippen LogP contribution < -0.4 is 4.31 Å². The Morgan fingerprint density at radius 2 is 1.85 bits per heavy atom. The van der Waals surface area contributed by atoms with Gasteiger partial charge in [0.05, 0.1) is 36.3 Å². The molecule has 152 valence electrons. The lowest BCUT2D eigenvalue weighted by molar-refractivity contribution is -0.139. The van der Waals surface area contributed by atoms with Crippen LogP contribution in [0, 0.1) is 6.92 Å². The highest BCUT2D eigenvalue weighted by molar-refractivity contribution is 7.92. The fourth-order valence-corrected chi connectivity index (χ4v) is 2.75. The Balaban J connectivity index is 3.15. The van der Waals surface area contributed by atoms with Crippen LogP contribution in [0.15, 0.2) is 6.08 Å². The zero-order valence-electron chi connectivity index (χ0n) is 16.1. The third-order valence-corrected chi connectivity index (χ3v) is 5.05. The summed E-state index contributed by atoms with van der Waals surface area (Å²) in [7, 11) is -2.13. The largest absolute Gasteiger partial charge is 0.481 e. The number of aliphatic hydroxyl groups excluding tert-OH is 2. The van der Waals surface area contributed by atoms with Crippen molar-refractivity contribution in [1.82, 2.24) is 9.97 Å². The number of hydrogen-bond acceptors (Lipinski definition) is 7. The summed E-state index contributed by atoms with van der Waals surface area (Å²) in [6.07, 6.45) is 1.33. The number of hydrogen-bond donors (Lipinski definition) is 3. The van der Waals surface area contributed by atoms with Crippen LogP contribution >= 0.6 is 0 Å². The molecule has 0 aromatic carbocycles. The maximum atomic E-state index is 11.7. The van der Waals surface area contributed by atoms with E-state index < -0.39 is 34.6 Å². The van der Waals surface area contributed by atoms with Gasteiger partial charge in [0.2, 0.25) is 16.0 Å². The number of aliphatic hydroxyl groups is 2. The summed E-state index contributed by atoms with van der Waals surface area (Å²) in [6.45, 7) is 5.51. The zero-order chi connectivity index (χ0) is 20.9. The molecule has 0 aliphatic carbocycles. The van der Waals surface area contributed by atoms with E-state index in [1.54, 1.807) is 13.0 Å². The SMILES string of the molecule is Cc1nc(N(C)S(C)(=O)=O)nc(C(C)C)c1/C=C/[C@@H](O)C[C@@H](O)CC(=O)O. The summed E-state index contributed by atoms with van der Waals surface area (Å²) in [5.41, 5.74) is 1.79. The van der Waals surface area contributed by atoms with Crippen molar-refractivity contribution in [3.63, 3.8) is 0 Å². The van der Waals surface area contributed by atoms with E-state index in [-0.39, 0.29) is 18.3 Å². The molecule has 1 rings (SSSR count). The number of rotatable bonds is 9. The summed E-state index contributed by atoms with van der Waals surface area (Å²) >= 11 is 0. The number of nitrogens with zero attached hydrogens (tertiary/aromatic N) is 3. The number of carboxylic acid groups (broad SMARTS) is 1. The second kappa shape index (κ2) is 9.25. The standard InChI is InChI=1S/C17H27N3O6S/c1-10(2)16-14(7-6-12(21)8-13(22)9-15(23)24)11(3)18-17(19-16)20(4)27(5,25)26/h6-7,10,12-13,21-22H,8-9H2,1-5H3,(H,23,24)/b7-6+/t12-,13-/m1/s1. The smallest absolute Gasteiger partial charge is 0.305 e. The fraction of sp³-hybridized carbons (Fsp3) is 0.588. The van der Waals surface area contributed by atoms with Crippen LogP contribution in [0.1, 0.15) is 49.6 Å². The molecule has 10 heteroatoms. The first-order chi connectivity index (χ1) is 12.3. The average molecular weight is 401 g/mol. The molecule has 3 N–H and O–H groups in total. The topological polar surface area (TPSA) is 141 Å². The van der Waals surface area contributed by atoms with Gasteiger partial charge < -0.3 is 15.3 Å². The van der Waals surface area contributed by atoms with E-state index in [0.717, 1.165) is 10.6 Å². The van der Waals surface area contributed by atoms with Crippen LogP contribution in [0.3, 0.4) is 0 Å². The average Bonchev–Trinajstić information content (AvgIpc) is 2.50. The molecule has 0 bridgehead atoms. The van der Waals surface area contributed by atoms with Gasteiger partial charge in [-0.05, 0) is 12.8 Å². The van der Waals surface area contributed by atoms with E-state index in [1.165, 1.54) is 13.1 Å². The van der Waals surface area contributed by atoms with Gasteiger partial charge in [-0.15, -0.1) is 0 Å². The van der Waals surface area contributed by atoms with Gasteiger partial charge in [-0.2, -0.15) is 0 Å². The number of sulfonamides is 1. The molecule has 1 aromatic rings. The number of aryl methyl sites for hydroxylation is 1. The lowest BCUT2D eigenvalue weighted by atomic mass is 10.0. The minimum Gasteiger partial charge on any atom is -0.481 e. The minimum atomic E-state index is -3.50. The van der Waals surface area contributed by atoms with Crippen LogP contribution in [-0.4, -0.2) is 65.2 Å². The first-order valence-electron chi connectivity index (χ1n) is 8.41. The summed E-state index contributed by atoms with van der Waals surface area (Å²) in [4.78, 5) is 19.2. The van der Waals surface area contributed by atoms with E-state index in [1.807, 2.05) is 13.8 Å². The van der Waals surface area contributed by atoms with E-state index in [2.05, 4.69) is 9.97 Å². The molecule has 0 saturated carbocycles. The molecule has 1 aromatic heterocycles. The Labute approximate surface area is 159 Å². The Hall–Kier alpha value is -2.04. The predicted octanol–water partition coefficient (Wildman–Crippen LogP) is 0.904. The number of anilines is 1. The zero-order valence-corrected chi connectivity index (χ0v) is 16.9. The van der Waals surface area contributed by atoms with Crippen molar-refractivity contribution < 1.29 is 28.5 Å². The first-order valence-corrected chi connectivity index (χ1v) is 10.3. The maximum absolute atomic E-state index is 11.7. The van der Waals surface area contributed by atoms with Crippen molar-refractivity contribution in [2.75, 3.05) is 17.6 Å². The van der Waals surface area contributed by atoms with Crippen molar-refractivity contribution in [2.24, 2.45) is 0 Å². The van der Waals surface area contributed by atoms with Crippen molar-refractivity contribution in [3.05, 3.63) is 23.0 Å². The Morgan fingerprint density at radius 3 is 2.33 bits per heavy atom. The van der Waals surface area contributed by atoms with Gasteiger partial charge in [0, 0.05) is 19.0 Å². The summed E-state index contributed by atoms with van der Waals surface area (Å²) in [5, 5.41) is 28.2.